The van der Waals surface area contributed by atoms with E-state index in [1.165, 1.54) is 0 Å². The maximum atomic E-state index is 12.9. The molecule has 1 aromatic carbocycles. The second-order valence-corrected chi connectivity index (χ2v) is 6.47. The first-order chi connectivity index (χ1) is 11.5. The Morgan fingerprint density at radius 1 is 1.08 bits per heavy atom. The van der Waals surface area contributed by atoms with E-state index >= 15 is 0 Å². The fraction of sp³-hybridized carbons (Fsp3) is 0.316. The number of anilines is 1. The molecule has 0 spiro atoms. The third-order valence-corrected chi connectivity index (χ3v) is 4.49. The highest BCUT2D eigenvalue weighted by molar-refractivity contribution is 5.99. The molecular weight excluding hydrogens is 302 g/mol. The maximum Gasteiger partial charge on any atom is 0.246 e. The Morgan fingerprint density at radius 3 is 2.46 bits per heavy atom. The van der Waals surface area contributed by atoms with E-state index in [1.54, 1.807) is 22.2 Å². The zero-order valence-corrected chi connectivity index (χ0v) is 14.0. The second-order valence-electron chi connectivity index (χ2n) is 6.47. The van der Waals surface area contributed by atoms with Crippen LogP contribution >= 0.6 is 0 Å². The molecular formula is C19H21N3O2. The molecule has 1 fully saturated rings. The van der Waals surface area contributed by atoms with Gasteiger partial charge in [0.2, 0.25) is 11.8 Å². The molecule has 124 valence electrons. The van der Waals surface area contributed by atoms with Crippen molar-refractivity contribution in [3.63, 3.8) is 0 Å². The van der Waals surface area contributed by atoms with E-state index in [1.807, 2.05) is 56.3 Å². The minimum atomic E-state index is -0.705. The van der Waals surface area contributed by atoms with Crippen LogP contribution in [0.5, 0.6) is 0 Å². The van der Waals surface area contributed by atoms with Crippen molar-refractivity contribution in [1.82, 2.24) is 9.88 Å². The van der Waals surface area contributed by atoms with Crippen molar-refractivity contribution < 1.29 is 9.59 Å². The molecule has 0 radical (unpaired) electrons. The van der Waals surface area contributed by atoms with E-state index in [-0.39, 0.29) is 18.4 Å². The van der Waals surface area contributed by atoms with Gasteiger partial charge in [-0.3, -0.25) is 14.6 Å². The van der Waals surface area contributed by atoms with Crippen LogP contribution in [0.25, 0.3) is 0 Å². The molecule has 2 amide bonds. The van der Waals surface area contributed by atoms with Crippen molar-refractivity contribution in [2.24, 2.45) is 0 Å². The number of nitrogens with zero attached hydrogens (tertiary/aromatic N) is 3. The monoisotopic (exact) mass is 323 g/mol. The predicted molar refractivity (Wildman–Crippen MR) is 92.6 cm³/mol. The summed E-state index contributed by atoms with van der Waals surface area (Å²) < 4.78 is 0. The molecule has 0 aliphatic carbocycles. The standard InChI is InChI=1S/C19H21N3O2/c1-19(2,15-7-6-10-20-13-15)18(24)21-11-12-22(17(23)14-21)16-8-4-3-5-9-16/h3-10,13H,11-12,14H2,1-2H3. The van der Waals surface area contributed by atoms with Crippen LogP contribution in [0.4, 0.5) is 5.69 Å². The van der Waals surface area contributed by atoms with Gasteiger partial charge in [0.15, 0.2) is 0 Å². The number of aromatic nitrogens is 1. The maximum absolute atomic E-state index is 12.9. The van der Waals surface area contributed by atoms with Gasteiger partial charge in [0.05, 0.1) is 5.41 Å². The van der Waals surface area contributed by atoms with Crippen LogP contribution in [0.3, 0.4) is 0 Å². The number of piperazine rings is 1. The van der Waals surface area contributed by atoms with Crippen molar-refractivity contribution in [3.8, 4) is 0 Å². The highest BCUT2D eigenvalue weighted by atomic mass is 16.2. The Labute approximate surface area is 141 Å². The molecule has 0 saturated carbocycles. The van der Waals surface area contributed by atoms with Gasteiger partial charge in [-0.25, -0.2) is 0 Å². The summed E-state index contributed by atoms with van der Waals surface area (Å²) in [5, 5.41) is 0. The molecule has 2 heterocycles. The van der Waals surface area contributed by atoms with Crippen molar-refractivity contribution in [3.05, 3.63) is 60.4 Å². The predicted octanol–water partition coefficient (Wildman–Crippen LogP) is 2.23. The van der Waals surface area contributed by atoms with Gasteiger partial charge in [-0.1, -0.05) is 24.3 Å². The first-order valence-electron chi connectivity index (χ1n) is 8.05. The van der Waals surface area contributed by atoms with Crippen LogP contribution in [0.2, 0.25) is 0 Å². The van der Waals surface area contributed by atoms with E-state index in [0.717, 1.165) is 11.3 Å². The molecule has 0 N–H and O–H groups in total. The number of hydrogen-bond donors (Lipinski definition) is 0. The SMILES string of the molecule is CC(C)(C(=O)N1CCN(c2ccccc2)C(=O)C1)c1cccnc1. The molecule has 0 atom stereocenters. The highest BCUT2D eigenvalue weighted by Gasteiger charge is 2.37. The minimum absolute atomic E-state index is 0.0449. The largest absolute Gasteiger partial charge is 0.331 e. The summed E-state index contributed by atoms with van der Waals surface area (Å²) in [5.41, 5.74) is 1.03. The number of carbonyl (C=O) groups is 2. The lowest BCUT2D eigenvalue weighted by atomic mass is 9.84. The van der Waals surface area contributed by atoms with Gasteiger partial charge in [-0.05, 0) is 37.6 Å². The zero-order valence-electron chi connectivity index (χ0n) is 14.0. The van der Waals surface area contributed by atoms with Crippen molar-refractivity contribution in [2.75, 3.05) is 24.5 Å². The quantitative estimate of drug-likeness (QED) is 0.870. The summed E-state index contributed by atoms with van der Waals surface area (Å²) in [4.78, 5) is 32.9. The average molecular weight is 323 g/mol. The number of benzene rings is 1. The molecule has 0 unspecified atom stereocenters. The van der Waals surface area contributed by atoms with E-state index in [2.05, 4.69) is 4.98 Å². The van der Waals surface area contributed by atoms with Crippen LogP contribution in [0.1, 0.15) is 19.4 Å². The van der Waals surface area contributed by atoms with Crippen molar-refractivity contribution >= 4 is 17.5 Å². The van der Waals surface area contributed by atoms with Gasteiger partial charge in [0.1, 0.15) is 6.54 Å². The number of para-hydroxylation sites is 1. The number of carbonyl (C=O) groups excluding carboxylic acids is 2. The smallest absolute Gasteiger partial charge is 0.246 e. The van der Waals surface area contributed by atoms with Crippen LogP contribution in [-0.2, 0) is 15.0 Å². The first kappa shape index (κ1) is 16.2. The van der Waals surface area contributed by atoms with E-state index in [9.17, 15) is 9.59 Å². The lowest BCUT2D eigenvalue weighted by Crippen LogP contribution is -2.55. The molecule has 3 rings (SSSR count). The summed E-state index contributed by atoms with van der Waals surface area (Å²) in [6.45, 7) is 4.90. The van der Waals surface area contributed by atoms with Crippen LogP contribution < -0.4 is 4.90 Å². The van der Waals surface area contributed by atoms with Gasteiger partial charge < -0.3 is 9.80 Å². The van der Waals surface area contributed by atoms with Crippen LogP contribution in [0.15, 0.2) is 54.9 Å². The topological polar surface area (TPSA) is 53.5 Å². The Hall–Kier alpha value is -2.69. The molecule has 5 nitrogen and oxygen atoms in total. The van der Waals surface area contributed by atoms with Crippen molar-refractivity contribution in [1.29, 1.82) is 0 Å². The van der Waals surface area contributed by atoms with Gasteiger partial charge >= 0.3 is 0 Å². The number of pyridine rings is 1. The molecule has 1 aliphatic rings. The summed E-state index contributed by atoms with van der Waals surface area (Å²) in [5.74, 6) is -0.0978. The van der Waals surface area contributed by atoms with Crippen molar-refractivity contribution in [2.45, 2.75) is 19.3 Å². The summed E-state index contributed by atoms with van der Waals surface area (Å²) in [6, 6.07) is 13.3. The van der Waals surface area contributed by atoms with Gasteiger partial charge in [0, 0.05) is 31.2 Å². The Kier molecular flexibility index (Phi) is 4.34. The average Bonchev–Trinajstić information content (AvgIpc) is 2.62. The fourth-order valence-corrected chi connectivity index (χ4v) is 2.98. The molecule has 5 heteroatoms. The van der Waals surface area contributed by atoms with Crippen LogP contribution in [0, 0.1) is 0 Å². The normalized spacial score (nSPS) is 15.5. The Morgan fingerprint density at radius 2 is 1.83 bits per heavy atom. The molecule has 0 bridgehead atoms. The lowest BCUT2D eigenvalue weighted by molar-refractivity contribution is -0.140. The van der Waals surface area contributed by atoms with Gasteiger partial charge in [-0.2, -0.15) is 0 Å². The van der Waals surface area contributed by atoms with Gasteiger partial charge in [-0.15, -0.1) is 0 Å². The highest BCUT2D eigenvalue weighted by Crippen LogP contribution is 2.26. The molecule has 24 heavy (non-hydrogen) atoms. The number of hydrogen-bond acceptors (Lipinski definition) is 3. The Balaban J connectivity index is 1.74. The van der Waals surface area contributed by atoms with E-state index in [0.29, 0.717) is 13.1 Å². The first-order valence-corrected chi connectivity index (χ1v) is 8.05. The molecule has 1 aliphatic heterocycles. The summed E-state index contributed by atoms with van der Waals surface area (Å²) in [6.07, 6.45) is 3.39. The molecule has 1 aromatic heterocycles. The lowest BCUT2D eigenvalue weighted by Gasteiger charge is -2.38. The fourth-order valence-electron chi connectivity index (χ4n) is 2.98. The Bertz CT molecular complexity index is 729. The number of amides is 2. The second kappa shape index (κ2) is 6.43. The minimum Gasteiger partial charge on any atom is -0.331 e. The number of rotatable bonds is 3. The van der Waals surface area contributed by atoms with Crippen LogP contribution in [-0.4, -0.2) is 41.3 Å². The molecule has 2 aromatic rings. The van der Waals surface area contributed by atoms with E-state index in [4.69, 9.17) is 0 Å². The molecule has 1 saturated heterocycles. The van der Waals surface area contributed by atoms with E-state index < -0.39 is 5.41 Å². The third kappa shape index (κ3) is 3.02. The zero-order chi connectivity index (χ0) is 17.2. The third-order valence-electron chi connectivity index (χ3n) is 4.49. The summed E-state index contributed by atoms with van der Waals surface area (Å²) >= 11 is 0. The summed E-state index contributed by atoms with van der Waals surface area (Å²) in [7, 11) is 0. The van der Waals surface area contributed by atoms with Gasteiger partial charge in [0.25, 0.3) is 0 Å².